The molecule has 0 unspecified atom stereocenters. The zero-order valence-electron chi connectivity index (χ0n) is 31.8. The molecule has 0 aliphatic rings. The van der Waals surface area contributed by atoms with Crippen LogP contribution >= 0.6 is 0 Å². The van der Waals surface area contributed by atoms with Gasteiger partial charge in [0.2, 0.25) is 11.8 Å². The van der Waals surface area contributed by atoms with Crippen LogP contribution in [-0.4, -0.2) is 77.4 Å². The minimum Gasteiger partial charge on any atom is -0.493 e. The van der Waals surface area contributed by atoms with Crippen molar-refractivity contribution < 1.29 is 56.3 Å². The number of aromatic nitrogens is 4. The number of methoxy groups -OCH3 is 1. The van der Waals surface area contributed by atoms with Crippen molar-refractivity contribution in [3.05, 3.63) is 167 Å². The average molecular weight is 846 g/mol. The summed E-state index contributed by atoms with van der Waals surface area (Å²) >= 11 is 0. The van der Waals surface area contributed by atoms with Gasteiger partial charge in [0.25, 0.3) is 0 Å². The number of ether oxygens (including phenoxy) is 1. The summed E-state index contributed by atoms with van der Waals surface area (Å²) in [5, 5.41) is 52.2. The van der Waals surface area contributed by atoms with Gasteiger partial charge in [-0.05, 0) is 77.0 Å². The number of nitrogens with zero attached hydrogens (tertiary/aromatic N) is 6. The van der Waals surface area contributed by atoms with Crippen LogP contribution in [-0.2, 0) is 21.5 Å². The quantitative estimate of drug-likeness (QED) is 0.0807. The van der Waals surface area contributed by atoms with Crippen molar-refractivity contribution >= 4 is 63.3 Å². The maximum absolute atomic E-state index is 12.2. The van der Waals surface area contributed by atoms with Crippen molar-refractivity contribution in [1.82, 2.24) is 19.6 Å². The third-order valence-corrected chi connectivity index (χ3v) is 9.21. The molecule has 60 heavy (non-hydrogen) atoms. The Morgan fingerprint density at radius 1 is 0.583 bits per heavy atom. The number of carboxylic acids is 2. The van der Waals surface area contributed by atoms with Gasteiger partial charge >= 0.3 is 17.9 Å². The molecular formula is C45H34CoN6O8. The van der Waals surface area contributed by atoms with Crippen LogP contribution < -0.4 is 0 Å². The molecule has 8 aromatic rings. The molecule has 8 rings (SSSR count). The molecule has 0 atom stereocenters. The zero-order valence-corrected chi connectivity index (χ0v) is 32.8. The minimum absolute atomic E-state index is 0. The molecule has 0 fully saturated rings. The Morgan fingerprint density at radius 2 is 0.967 bits per heavy atom. The van der Waals surface area contributed by atoms with Gasteiger partial charge in [-0.3, -0.25) is 9.98 Å². The molecule has 1 radical (unpaired) electrons. The Labute approximate surface area is 352 Å². The number of aliphatic imine (C=N–C) groups is 2. The first-order valence-corrected chi connectivity index (χ1v) is 17.9. The van der Waals surface area contributed by atoms with Crippen LogP contribution in [0.5, 0.6) is 11.8 Å². The molecule has 0 bridgehead atoms. The average Bonchev–Trinajstić information content (AvgIpc) is 3.74. The molecular weight excluding hydrogens is 811 g/mol. The second-order valence-electron chi connectivity index (χ2n) is 13.0. The summed E-state index contributed by atoms with van der Waals surface area (Å²) in [6.07, 6.45) is 2.66. The fourth-order valence-electron chi connectivity index (χ4n) is 6.25. The number of rotatable bonds is 9. The van der Waals surface area contributed by atoms with Crippen LogP contribution in [0.1, 0.15) is 48.0 Å². The minimum atomic E-state index is -1.14. The molecule has 0 spiro atoms. The fourth-order valence-corrected chi connectivity index (χ4v) is 6.25. The van der Waals surface area contributed by atoms with Crippen LogP contribution in [0, 0.1) is 6.92 Å². The summed E-state index contributed by atoms with van der Waals surface area (Å²) in [5.41, 5.74) is 2.72. The summed E-state index contributed by atoms with van der Waals surface area (Å²) in [5.74, 6) is -3.34. The fraction of sp³-hybridized carbons (Fsp3) is 0.0444. The Hall–Kier alpha value is -7.88. The number of para-hydroxylation sites is 2. The molecule has 15 heteroatoms. The van der Waals surface area contributed by atoms with Crippen molar-refractivity contribution in [3.63, 3.8) is 0 Å². The summed E-state index contributed by atoms with van der Waals surface area (Å²) in [4.78, 5) is 44.3. The monoisotopic (exact) mass is 845 g/mol. The molecule has 2 aromatic heterocycles. The van der Waals surface area contributed by atoms with Crippen molar-refractivity contribution in [2.24, 2.45) is 9.98 Å². The number of hydrogen-bond donors (Lipinski definition) is 4. The van der Waals surface area contributed by atoms with Crippen LogP contribution in [0.15, 0.2) is 143 Å². The Bertz CT molecular complexity index is 2940. The maximum atomic E-state index is 12.2. The summed E-state index contributed by atoms with van der Waals surface area (Å²) in [6, 6.07) is 39.3. The van der Waals surface area contributed by atoms with Gasteiger partial charge in [0.05, 0.1) is 57.8 Å². The van der Waals surface area contributed by atoms with Crippen molar-refractivity contribution in [1.29, 1.82) is 0 Å². The van der Waals surface area contributed by atoms with Gasteiger partial charge in [0.15, 0.2) is 5.69 Å². The van der Waals surface area contributed by atoms with Crippen LogP contribution in [0.3, 0.4) is 0 Å². The number of benzene rings is 6. The molecule has 14 nitrogen and oxygen atoms in total. The molecule has 0 saturated heterocycles. The first kappa shape index (κ1) is 41.7. The van der Waals surface area contributed by atoms with Crippen molar-refractivity contribution in [2.75, 3.05) is 7.11 Å². The van der Waals surface area contributed by atoms with E-state index in [0.717, 1.165) is 27.2 Å². The smallest absolute Gasteiger partial charge is 0.359 e. The predicted molar refractivity (Wildman–Crippen MR) is 223 cm³/mol. The number of hydrogen-bond acceptors (Lipinski definition) is 10. The first-order valence-electron chi connectivity index (χ1n) is 17.9. The van der Waals surface area contributed by atoms with E-state index in [-0.39, 0.29) is 56.6 Å². The van der Waals surface area contributed by atoms with E-state index in [9.17, 15) is 34.8 Å². The van der Waals surface area contributed by atoms with E-state index in [1.807, 2.05) is 72.8 Å². The van der Waals surface area contributed by atoms with E-state index in [4.69, 9.17) is 4.74 Å². The van der Waals surface area contributed by atoms with E-state index in [2.05, 4.69) is 20.2 Å². The van der Waals surface area contributed by atoms with Gasteiger partial charge in [-0.2, -0.15) is 14.9 Å². The van der Waals surface area contributed by atoms with Gasteiger partial charge in [-0.1, -0.05) is 84.9 Å². The molecule has 301 valence electrons. The summed E-state index contributed by atoms with van der Waals surface area (Å²) < 4.78 is 7.38. The van der Waals surface area contributed by atoms with Crippen LogP contribution in [0.4, 0.5) is 11.4 Å². The zero-order chi connectivity index (χ0) is 41.6. The maximum Gasteiger partial charge on any atom is 0.359 e. The molecule has 6 aromatic carbocycles. The third-order valence-electron chi connectivity index (χ3n) is 9.21. The number of carbonyl (C=O) groups excluding carboxylic acids is 1. The number of carbonyl (C=O) groups is 3. The molecule has 0 saturated carbocycles. The first-order chi connectivity index (χ1) is 28.5. The number of aryl methyl sites for hydroxylation is 1. The van der Waals surface area contributed by atoms with Gasteiger partial charge in [-0.15, -0.1) is 0 Å². The van der Waals surface area contributed by atoms with E-state index >= 15 is 0 Å². The summed E-state index contributed by atoms with van der Waals surface area (Å²) in [7, 11) is 1.20. The largest absolute Gasteiger partial charge is 0.493 e. The SMILES string of the molecule is COC(=O)c1nn(-c2ccccc2)c(O)c1C=Nc1cc2ccccc2cc1C(=O)O.Cc1nn(-c2ccccc2)c(O)c1C=Nc1cc2ccccc2cc1C(=O)O.[Co]. The molecule has 4 N–H and O–H groups in total. The van der Waals surface area contributed by atoms with E-state index in [1.54, 1.807) is 61.5 Å². The normalized spacial score (nSPS) is 11.0. The van der Waals surface area contributed by atoms with Gasteiger partial charge in [-0.25, -0.2) is 19.1 Å². The number of aromatic hydroxyl groups is 2. The Balaban J connectivity index is 0.000000199. The Kier molecular flexibility index (Phi) is 12.6. The Morgan fingerprint density at radius 3 is 1.40 bits per heavy atom. The topological polar surface area (TPSA) is 202 Å². The molecule has 2 heterocycles. The number of aromatic carboxylic acids is 2. The number of esters is 1. The third kappa shape index (κ3) is 8.67. The molecule has 0 aliphatic carbocycles. The summed E-state index contributed by atoms with van der Waals surface area (Å²) in [6.45, 7) is 1.76. The number of fused-ring (bicyclic) bond motifs is 2. The van der Waals surface area contributed by atoms with E-state index in [0.29, 0.717) is 22.6 Å². The van der Waals surface area contributed by atoms with Gasteiger partial charge in [0.1, 0.15) is 0 Å². The van der Waals surface area contributed by atoms with Crippen molar-refractivity contribution in [2.45, 2.75) is 6.92 Å². The molecule has 0 aliphatic heterocycles. The van der Waals surface area contributed by atoms with Crippen LogP contribution in [0.25, 0.3) is 32.9 Å². The number of carboxylic acid groups (broad SMARTS) is 2. The van der Waals surface area contributed by atoms with Gasteiger partial charge < -0.3 is 25.2 Å². The van der Waals surface area contributed by atoms with Gasteiger partial charge in [0, 0.05) is 29.2 Å². The second-order valence-corrected chi connectivity index (χ2v) is 13.0. The molecule has 0 amide bonds. The van der Waals surface area contributed by atoms with E-state index in [1.165, 1.54) is 35.0 Å². The van der Waals surface area contributed by atoms with E-state index < -0.39 is 17.9 Å². The second kappa shape index (κ2) is 18.1. The standard InChI is InChI=1S/C23H17N3O5.C22H17N3O3.Co/c1-31-23(30)20-18(21(27)26(25-20)16-9-3-2-4-10-16)13-24-19-12-15-8-6-5-7-14(15)11-17(19)22(28)29;1-14-19(21(26)25(24-14)17-9-3-2-4-10-17)13-23-20-12-16-8-6-5-7-15(16)11-18(20)22(27)28;/h2-13,27H,1H3,(H,28,29);2-13,26H,1H3,(H,27,28);. The predicted octanol–water partition coefficient (Wildman–Crippen LogP) is 8.45. The van der Waals surface area contributed by atoms with Crippen LogP contribution in [0.2, 0.25) is 0 Å². The van der Waals surface area contributed by atoms with Crippen molar-refractivity contribution in [3.8, 4) is 23.1 Å².